The van der Waals surface area contributed by atoms with Gasteiger partial charge >= 0.3 is 0 Å². The molecule has 2 aromatic carbocycles. The molecule has 30 heavy (non-hydrogen) atoms. The minimum absolute atomic E-state index is 0.0991. The number of aromatic nitrogens is 2. The van der Waals surface area contributed by atoms with Crippen LogP contribution in [0.4, 0.5) is 5.69 Å². The highest BCUT2D eigenvalue weighted by atomic mass is 35.5. The van der Waals surface area contributed by atoms with E-state index < -0.39 is 0 Å². The van der Waals surface area contributed by atoms with Crippen LogP contribution in [0.5, 0.6) is 5.75 Å². The lowest BCUT2D eigenvalue weighted by molar-refractivity contribution is 0.171. The molecule has 1 fully saturated rings. The van der Waals surface area contributed by atoms with Crippen LogP contribution < -0.4 is 15.2 Å². The maximum absolute atomic E-state index is 12.4. The van der Waals surface area contributed by atoms with Gasteiger partial charge in [0.05, 0.1) is 16.4 Å². The second-order valence-electron chi connectivity index (χ2n) is 7.87. The van der Waals surface area contributed by atoms with Crippen LogP contribution in [-0.2, 0) is 0 Å². The van der Waals surface area contributed by atoms with Crippen LogP contribution >= 0.6 is 11.6 Å². The van der Waals surface area contributed by atoms with Crippen LogP contribution in [0.25, 0.3) is 5.69 Å². The van der Waals surface area contributed by atoms with Gasteiger partial charge in [-0.15, -0.1) is 0 Å². The van der Waals surface area contributed by atoms with E-state index in [1.54, 1.807) is 4.57 Å². The van der Waals surface area contributed by atoms with Crippen molar-refractivity contribution in [3.05, 3.63) is 81.0 Å². The largest absolute Gasteiger partial charge is 0.490 e. The van der Waals surface area contributed by atoms with Gasteiger partial charge in [0.2, 0.25) is 0 Å². The molecular weight excluding hydrogens is 398 g/mol. The van der Waals surface area contributed by atoms with E-state index in [0.29, 0.717) is 16.5 Å². The number of halogens is 1. The Kier molecular flexibility index (Phi) is 5.82. The Labute approximate surface area is 181 Å². The van der Waals surface area contributed by atoms with Gasteiger partial charge in [-0.25, -0.2) is 4.98 Å². The first kappa shape index (κ1) is 20.5. The lowest BCUT2D eigenvalue weighted by Gasteiger charge is -2.34. The van der Waals surface area contributed by atoms with Gasteiger partial charge < -0.3 is 9.64 Å². The Morgan fingerprint density at radius 3 is 2.47 bits per heavy atom. The molecule has 0 amide bonds. The van der Waals surface area contributed by atoms with E-state index in [4.69, 9.17) is 16.3 Å². The molecule has 0 radical (unpaired) electrons. The zero-order valence-electron chi connectivity index (χ0n) is 17.6. The summed E-state index contributed by atoms with van der Waals surface area (Å²) in [6, 6.07) is 15.5. The molecule has 156 valence electrons. The summed E-state index contributed by atoms with van der Waals surface area (Å²) in [7, 11) is 0. The first-order valence-corrected chi connectivity index (χ1v) is 10.6. The molecule has 2 heterocycles. The first-order chi connectivity index (χ1) is 14.4. The smallest absolute Gasteiger partial charge is 0.258 e. The van der Waals surface area contributed by atoms with Crippen LogP contribution in [0.3, 0.4) is 0 Å². The summed E-state index contributed by atoms with van der Waals surface area (Å²) in [5.74, 6) is 1.58. The quantitative estimate of drug-likeness (QED) is 0.601. The Bertz CT molecular complexity index is 1120. The average Bonchev–Trinajstić information content (AvgIpc) is 2.68. The van der Waals surface area contributed by atoms with E-state index in [2.05, 4.69) is 28.9 Å². The van der Waals surface area contributed by atoms with Crippen molar-refractivity contribution in [2.24, 2.45) is 0 Å². The van der Waals surface area contributed by atoms with E-state index in [1.165, 1.54) is 11.6 Å². The van der Waals surface area contributed by atoms with E-state index >= 15 is 0 Å². The van der Waals surface area contributed by atoms with Gasteiger partial charge in [-0.05, 0) is 56.7 Å². The molecule has 1 aliphatic heterocycles. The summed E-state index contributed by atoms with van der Waals surface area (Å²) < 4.78 is 7.75. The van der Waals surface area contributed by atoms with Gasteiger partial charge in [-0.3, -0.25) is 9.36 Å². The monoisotopic (exact) mass is 423 g/mol. The Hall–Kier alpha value is -2.79. The van der Waals surface area contributed by atoms with Crippen molar-refractivity contribution in [3.8, 4) is 11.4 Å². The maximum atomic E-state index is 12.4. The average molecular weight is 424 g/mol. The third-order valence-corrected chi connectivity index (χ3v) is 5.78. The fraction of sp³-hybridized carbons (Fsp3) is 0.333. The topological polar surface area (TPSA) is 47.4 Å². The summed E-state index contributed by atoms with van der Waals surface area (Å²) in [5.41, 5.74) is 3.54. The Morgan fingerprint density at radius 2 is 1.80 bits per heavy atom. The molecule has 5 nitrogen and oxygen atoms in total. The SMILES string of the molecule is Cc1cccc(OC2CCN(c3ccc(-n4c(C)nc(C)cc4=O)cc3Cl)CC2)c1. The lowest BCUT2D eigenvalue weighted by Crippen LogP contribution is -2.38. The fourth-order valence-corrected chi connectivity index (χ4v) is 4.34. The second-order valence-corrected chi connectivity index (χ2v) is 8.28. The minimum atomic E-state index is -0.0991. The molecule has 3 aromatic rings. The number of benzene rings is 2. The van der Waals surface area contributed by atoms with Crippen molar-refractivity contribution in [1.82, 2.24) is 9.55 Å². The molecule has 0 bridgehead atoms. The summed E-state index contributed by atoms with van der Waals surface area (Å²) in [6.45, 7) is 7.47. The summed E-state index contributed by atoms with van der Waals surface area (Å²) >= 11 is 6.62. The number of hydrogen-bond acceptors (Lipinski definition) is 4. The number of nitrogens with zero attached hydrogens (tertiary/aromatic N) is 3. The number of anilines is 1. The molecule has 1 aromatic heterocycles. The van der Waals surface area contributed by atoms with E-state index in [9.17, 15) is 4.79 Å². The molecule has 0 saturated carbocycles. The summed E-state index contributed by atoms with van der Waals surface area (Å²) in [6.07, 6.45) is 2.08. The third kappa shape index (κ3) is 4.36. The fourth-order valence-electron chi connectivity index (χ4n) is 4.04. The molecule has 0 aliphatic carbocycles. The van der Waals surface area contributed by atoms with Crippen molar-refractivity contribution in [3.63, 3.8) is 0 Å². The van der Waals surface area contributed by atoms with Gasteiger partial charge in [0, 0.05) is 37.7 Å². The highest BCUT2D eigenvalue weighted by molar-refractivity contribution is 6.33. The van der Waals surface area contributed by atoms with Crippen LogP contribution in [0.2, 0.25) is 5.02 Å². The van der Waals surface area contributed by atoms with E-state index in [0.717, 1.165) is 43.1 Å². The second kappa shape index (κ2) is 8.52. The van der Waals surface area contributed by atoms with Crippen LogP contribution in [0.15, 0.2) is 53.3 Å². The summed E-state index contributed by atoms with van der Waals surface area (Å²) in [4.78, 5) is 19.1. The van der Waals surface area contributed by atoms with Gasteiger partial charge in [-0.1, -0.05) is 23.7 Å². The van der Waals surface area contributed by atoms with E-state index in [-0.39, 0.29) is 11.7 Å². The zero-order chi connectivity index (χ0) is 21.3. The highest BCUT2D eigenvalue weighted by Gasteiger charge is 2.22. The third-order valence-electron chi connectivity index (χ3n) is 5.48. The first-order valence-electron chi connectivity index (χ1n) is 10.3. The molecular formula is C24H26ClN3O2. The van der Waals surface area contributed by atoms with Crippen molar-refractivity contribution >= 4 is 17.3 Å². The molecule has 1 aliphatic rings. The van der Waals surface area contributed by atoms with Crippen molar-refractivity contribution in [2.75, 3.05) is 18.0 Å². The molecule has 1 saturated heterocycles. The molecule has 0 atom stereocenters. The molecule has 0 unspecified atom stereocenters. The van der Waals surface area contributed by atoms with Gasteiger partial charge in [0.25, 0.3) is 5.56 Å². The number of rotatable bonds is 4. The minimum Gasteiger partial charge on any atom is -0.490 e. The van der Waals surface area contributed by atoms with Crippen LogP contribution in [-0.4, -0.2) is 28.7 Å². The van der Waals surface area contributed by atoms with Crippen molar-refractivity contribution in [2.45, 2.75) is 39.7 Å². The number of ether oxygens (including phenoxy) is 1. The number of piperidine rings is 1. The van der Waals surface area contributed by atoms with Crippen molar-refractivity contribution < 1.29 is 4.74 Å². The molecule has 0 N–H and O–H groups in total. The zero-order valence-corrected chi connectivity index (χ0v) is 18.3. The molecule has 6 heteroatoms. The van der Waals surface area contributed by atoms with Gasteiger partial charge in [0.1, 0.15) is 17.7 Å². The molecule has 4 rings (SSSR count). The Balaban J connectivity index is 1.47. The Morgan fingerprint density at radius 1 is 1.03 bits per heavy atom. The summed E-state index contributed by atoms with van der Waals surface area (Å²) in [5, 5.41) is 0.637. The number of aryl methyl sites for hydroxylation is 3. The maximum Gasteiger partial charge on any atom is 0.258 e. The lowest BCUT2D eigenvalue weighted by atomic mass is 10.1. The number of hydrogen-bond donors (Lipinski definition) is 0. The normalized spacial score (nSPS) is 14.7. The predicted octanol–water partition coefficient (Wildman–Crippen LogP) is 4.86. The van der Waals surface area contributed by atoms with Crippen molar-refractivity contribution in [1.29, 1.82) is 0 Å². The van der Waals surface area contributed by atoms with Gasteiger partial charge in [-0.2, -0.15) is 0 Å². The van der Waals surface area contributed by atoms with Crippen LogP contribution in [0.1, 0.15) is 29.9 Å². The van der Waals surface area contributed by atoms with Gasteiger partial charge in [0.15, 0.2) is 0 Å². The standard InChI is InChI=1S/C24H26ClN3O2/c1-16-5-4-6-21(13-16)30-20-9-11-27(12-10-20)23-8-7-19(15-22(23)25)28-18(3)26-17(2)14-24(28)29/h4-8,13-15,20H,9-12H2,1-3H3. The van der Waals surface area contributed by atoms with E-state index in [1.807, 2.05) is 44.2 Å². The molecule has 0 spiro atoms. The van der Waals surface area contributed by atoms with Crippen LogP contribution in [0, 0.1) is 20.8 Å². The predicted molar refractivity (Wildman–Crippen MR) is 121 cm³/mol. The highest BCUT2D eigenvalue weighted by Crippen LogP contribution is 2.31.